The molecular formula is C26H33N5O2S2. The molecule has 9 heteroatoms. The fourth-order valence-corrected chi connectivity index (χ4v) is 6.81. The van der Waals surface area contributed by atoms with E-state index in [9.17, 15) is 4.79 Å². The highest BCUT2D eigenvalue weighted by molar-refractivity contribution is 8.00. The van der Waals surface area contributed by atoms with Crippen molar-refractivity contribution in [3.05, 3.63) is 41.0 Å². The van der Waals surface area contributed by atoms with Gasteiger partial charge in [0, 0.05) is 50.3 Å². The van der Waals surface area contributed by atoms with Gasteiger partial charge in [0.25, 0.3) is 0 Å². The van der Waals surface area contributed by atoms with Gasteiger partial charge in [0.1, 0.15) is 5.01 Å². The number of thioether (sulfide) groups is 1. The monoisotopic (exact) mass is 511 g/mol. The number of benzene rings is 1. The van der Waals surface area contributed by atoms with Crippen LogP contribution in [0.3, 0.4) is 0 Å². The second kappa shape index (κ2) is 10.6. The Bertz CT molecular complexity index is 1160. The Morgan fingerprint density at radius 1 is 1.17 bits per heavy atom. The van der Waals surface area contributed by atoms with Crippen molar-refractivity contribution in [2.75, 3.05) is 5.32 Å². The second-order valence-corrected chi connectivity index (χ2v) is 12.2. The summed E-state index contributed by atoms with van der Waals surface area (Å²) in [6.07, 6.45) is 8.30. The van der Waals surface area contributed by atoms with E-state index in [2.05, 4.69) is 45.2 Å². The van der Waals surface area contributed by atoms with Gasteiger partial charge >= 0.3 is 6.09 Å². The van der Waals surface area contributed by atoms with Crippen LogP contribution >= 0.6 is 23.1 Å². The van der Waals surface area contributed by atoms with Gasteiger partial charge in [-0.05, 0) is 83.4 Å². The van der Waals surface area contributed by atoms with Crippen LogP contribution in [0, 0.1) is 6.92 Å². The second-order valence-electron chi connectivity index (χ2n) is 9.80. The van der Waals surface area contributed by atoms with E-state index < -0.39 is 0 Å². The predicted molar refractivity (Wildman–Crippen MR) is 143 cm³/mol. The molecule has 1 amide bonds. The molecule has 0 saturated heterocycles. The zero-order valence-electron chi connectivity index (χ0n) is 20.5. The first-order valence-electron chi connectivity index (χ1n) is 12.5. The van der Waals surface area contributed by atoms with Crippen molar-refractivity contribution >= 4 is 40.7 Å². The fourth-order valence-electron chi connectivity index (χ4n) is 4.41. The molecule has 3 N–H and O–H groups in total. The zero-order chi connectivity index (χ0) is 24.4. The SMILES string of the molecule is Cc1cc(Nc2ccc(-c3ncc(C4CCC(NC(=O)OC(C)C)CC4)s3)c(SC3CC3)c2)n[nH]1. The van der Waals surface area contributed by atoms with Crippen molar-refractivity contribution in [3.63, 3.8) is 0 Å². The number of alkyl carbamates (subject to hydrolysis) is 1. The van der Waals surface area contributed by atoms with Gasteiger partial charge in [-0.3, -0.25) is 5.10 Å². The number of hydrogen-bond acceptors (Lipinski definition) is 7. The van der Waals surface area contributed by atoms with Crippen molar-refractivity contribution < 1.29 is 9.53 Å². The van der Waals surface area contributed by atoms with Crippen LogP contribution < -0.4 is 10.6 Å². The van der Waals surface area contributed by atoms with Gasteiger partial charge in [-0.1, -0.05) is 0 Å². The number of rotatable bonds is 8. The van der Waals surface area contributed by atoms with Crippen LogP contribution in [0.2, 0.25) is 0 Å². The van der Waals surface area contributed by atoms with Crippen molar-refractivity contribution in [1.82, 2.24) is 20.5 Å². The normalized spacial score (nSPS) is 20.1. The Morgan fingerprint density at radius 3 is 2.66 bits per heavy atom. The molecule has 3 aromatic rings. The summed E-state index contributed by atoms with van der Waals surface area (Å²) in [4.78, 5) is 19.4. The summed E-state index contributed by atoms with van der Waals surface area (Å²) >= 11 is 3.78. The van der Waals surface area contributed by atoms with Gasteiger partial charge < -0.3 is 15.4 Å². The van der Waals surface area contributed by atoms with E-state index in [4.69, 9.17) is 9.72 Å². The summed E-state index contributed by atoms with van der Waals surface area (Å²) in [7, 11) is 0. The summed E-state index contributed by atoms with van der Waals surface area (Å²) < 4.78 is 5.23. The van der Waals surface area contributed by atoms with Gasteiger partial charge in [-0.15, -0.1) is 23.1 Å². The highest BCUT2D eigenvalue weighted by Gasteiger charge is 2.27. The van der Waals surface area contributed by atoms with E-state index in [0.717, 1.165) is 47.9 Å². The van der Waals surface area contributed by atoms with Crippen molar-refractivity contribution in [1.29, 1.82) is 0 Å². The Labute approximate surface area is 214 Å². The molecule has 2 aromatic heterocycles. The number of ether oxygens (including phenoxy) is 1. The molecule has 5 rings (SSSR count). The number of carbonyl (C=O) groups excluding carboxylic acids is 1. The molecule has 186 valence electrons. The van der Waals surface area contributed by atoms with E-state index in [1.165, 1.54) is 28.2 Å². The third kappa shape index (κ3) is 6.38. The molecule has 7 nitrogen and oxygen atoms in total. The molecular weight excluding hydrogens is 478 g/mol. The Kier molecular flexibility index (Phi) is 7.34. The average Bonchev–Trinajstić information content (AvgIpc) is 3.32. The number of thiazole rings is 1. The van der Waals surface area contributed by atoms with Crippen LogP contribution in [-0.2, 0) is 4.74 Å². The standard InChI is InChI=1S/C26H33N5O2S2/c1-15(2)33-26(32)29-18-6-4-17(5-7-18)23-14-27-25(35-23)21-11-8-19(13-22(21)34-20-9-10-20)28-24-12-16(3)30-31-24/h8,11-15,17-18,20H,4-7,9-10H2,1-3H3,(H,29,32)(H2,28,30,31). The number of nitrogens with zero attached hydrogens (tertiary/aromatic N) is 2. The zero-order valence-corrected chi connectivity index (χ0v) is 22.1. The molecule has 0 spiro atoms. The van der Waals surface area contributed by atoms with Crippen LogP contribution in [0.5, 0.6) is 0 Å². The minimum absolute atomic E-state index is 0.0933. The lowest BCUT2D eigenvalue weighted by Gasteiger charge is -2.28. The fraction of sp³-hybridized carbons (Fsp3) is 0.500. The number of nitrogens with one attached hydrogen (secondary N) is 3. The number of aromatic amines is 1. The highest BCUT2D eigenvalue weighted by atomic mass is 32.2. The predicted octanol–water partition coefficient (Wildman–Crippen LogP) is 7.00. The van der Waals surface area contributed by atoms with Crippen molar-refractivity contribution in [3.8, 4) is 10.6 Å². The lowest BCUT2D eigenvalue weighted by atomic mass is 9.85. The molecule has 2 fully saturated rings. The first-order chi connectivity index (χ1) is 16.9. The maximum absolute atomic E-state index is 11.9. The average molecular weight is 512 g/mol. The summed E-state index contributed by atoms with van der Waals surface area (Å²) in [6.45, 7) is 5.74. The first kappa shape index (κ1) is 24.2. The minimum atomic E-state index is -0.301. The first-order valence-corrected chi connectivity index (χ1v) is 14.2. The molecule has 2 aliphatic rings. The summed E-state index contributed by atoms with van der Waals surface area (Å²) in [6, 6.07) is 8.74. The number of aryl methyl sites for hydroxylation is 1. The number of hydrogen-bond donors (Lipinski definition) is 3. The van der Waals surface area contributed by atoms with Crippen LogP contribution in [-0.4, -0.2) is 38.7 Å². The lowest BCUT2D eigenvalue weighted by Crippen LogP contribution is -2.38. The van der Waals surface area contributed by atoms with E-state index in [0.29, 0.717) is 11.2 Å². The van der Waals surface area contributed by atoms with E-state index >= 15 is 0 Å². The molecule has 1 aromatic carbocycles. The molecule has 2 saturated carbocycles. The van der Waals surface area contributed by atoms with E-state index in [-0.39, 0.29) is 18.2 Å². The molecule has 0 unspecified atom stereocenters. The molecule has 2 heterocycles. The highest BCUT2D eigenvalue weighted by Crippen LogP contribution is 2.46. The topological polar surface area (TPSA) is 91.9 Å². The van der Waals surface area contributed by atoms with Crippen molar-refractivity contribution in [2.45, 2.75) is 87.5 Å². The molecule has 0 radical (unpaired) electrons. The number of anilines is 2. The van der Waals surface area contributed by atoms with Gasteiger partial charge in [0.05, 0.1) is 6.10 Å². The lowest BCUT2D eigenvalue weighted by molar-refractivity contribution is 0.109. The third-order valence-electron chi connectivity index (χ3n) is 6.33. The molecule has 2 aliphatic carbocycles. The molecule has 0 aliphatic heterocycles. The van der Waals surface area contributed by atoms with Crippen molar-refractivity contribution in [2.24, 2.45) is 0 Å². The largest absolute Gasteiger partial charge is 0.447 e. The van der Waals surface area contributed by atoms with Crippen LogP contribution in [0.25, 0.3) is 10.6 Å². The van der Waals surface area contributed by atoms with Gasteiger partial charge in [0.15, 0.2) is 5.82 Å². The Balaban J connectivity index is 1.26. The smallest absolute Gasteiger partial charge is 0.407 e. The molecule has 0 atom stereocenters. The van der Waals surface area contributed by atoms with Gasteiger partial charge in [0.2, 0.25) is 0 Å². The van der Waals surface area contributed by atoms with Crippen LogP contribution in [0.4, 0.5) is 16.3 Å². The summed E-state index contributed by atoms with van der Waals surface area (Å²) in [5.41, 5.74) is 3.29. The van der Waals surface area contributed by atoms with Crippen LogP contribution in [0.1, 0.15) is 68.9 Å². The molecule has 35 heavy (non-hydrogen) atoms. The summed E-state index contributed by atoms with van der Waals surface area (Å²) in [5.74, 6) is 1.33. The Morgan fingerprint density at radius 2 is 1.97 bits per heavy atom. The quantitative estimate of drug-likeness (QED) is 0.302. The maximum Gasteiger partial charge on any atom is 0.407 e. The third-order valence-corrected chi connectivity index (χ3v) is 8.92. The van der Waals surface area contributed by atoms with E-state index in [1.54, 1.807) is 0 Å². The molecule has 0 bridgehead atoms. The number of amides is 1. The Hall–Kier alpha value is -2.52. The number of aromatic nitrogens is 3. The minimum Gasteiger partial charge on any atom is -0.447 e. The van der Waals surface area contributed by atoms with E-state index in [1.807, 2.05) is 49.9 Å². The number of H-pyrrole nitrogens is 1. The van der Waals surface area contributed by atoms with Gasteiger partial charge in [-0.2, -0.15) is 5.10 Å². The van der Waals surface area contributed by atoms with Gasteiger partial charge in [-0.25, -0.2) is 9.78 Å². The summed E-state index contributed by atoms with van der Waals surface area (Å²) in [5, 5.41) is 15.5. The maximum atomic E-state index is 11.9. The number of carbonyl (C=O) groups is 1. The van der Waals surface area contributed by atoms with Crippen LogP contribution in [0.15, 0.2) is 35.4 Å².